The summed E-state index contributed by atoms with van der Waals surface area (Å²) in [4.78, 5) is 12.0. The van der Waals surface area contributed by atoms with Crippen LogP contribution in [0.25, 0.3) is 0 Å². The van der Waals surface area contributed by atoms with Crippen molar-refractivity contribution in [3.8, 4) is 0 Å². The first kappa shape index (κ1) is 24.0. The van der Waals surface area contributed by atoms with Crippen molar-refractivity contribution in [2.24, 2.45) is 11.8 Å². The second-order valence-corrected chi connectivity index (χ2v) is 7.43. The highest BCUT2D eigenvalue weighted by atomic mass is 16.7. The maximum absolute atomic E-state index is 12.0. The maximum atomic E-state index is 12.0. The third-order valence-corrected chi connectivity index (χ3v) is 4.81. The van der Waals surface area contributed by atoms with Gasteiger partial charge in [0.25, 0.3) is 0 Å². The van der Waals surface area contributed by atoms with Crippen molar-refractivity contribution < 1.29 is 14.3 Å². The van der Waals surface area contributed by atoms with Crippen LogP contribution in [-0.2, 0) is 9.47 Å². The molecule has 0 aromatic carbocycles. The minimum absolute atomic E-state index is 0.0342. The molecule has 0 radical (unpaired) electrons. The molecule has 0 saturated carbocycles. The standard InChI is InChI=1S/C22H42O3/c1-6-9-10-11-12-13-14-15-16-18-24-22(23)25-21(19(4)5)20(8-3)17-7-2/h6,19-21H,1,7-18H2,2-5H3. The normalized spacial score (nSPS) is 13.5. The van der Waals surface area contributed by atoms with Gasteiger partial charge in [-0.2, -0.15) is 0 Å². The lowest BCUT2D eigenvalue weighted by molar-refractivity contribution is -0.0201. The Bertz CT molecular complexity index is 325. The van der Waals surface area contributed by atoms with E-state index in [1.807, 2.05) is 6.08 Å². The van der Waals surface area contributed by atoms with Gasteiger partial charge in [-0.15, -0.1) is 6.58 Å². The number of rotatable bonds is 16. The van der Waals surface area contributed by atoms with Gasteiger partial charge in [0.05, 0.1) is 6.61 Å². The number of carbonyl (C=O) groups is 1. The van der Waals surface area contributed by atoms with Gasteiger partial charge >= 0.3 is 6.16 Å². The molecule has 3 nitrogen and oxygen atoms in total. The summed E-state index contributed by atoms with van der Waals surface area (Å²) in [5.74, 6) is 0.753. The van der Waals surface area contributed by atoms with Crippen LogP contribution in [0.1, 0.15) is 98.3 Å². The van der Waals surface area contributed by atoms with E-state index < -0.39 is 6.16 Å². The van der Waals surface area contributed by atoms with Gasteiger partial charge in [0.2, 0.25) is 0 Å². The molecule has 0 aliphatic rings. The number of allylic oxidation sites excluding steroid dienone is 1. The molecule has 2 atom stereocenters. The van der Waals surface area contributed by atoms with Crippen LogP contribution < -0.4 is 0 Å². The predicted octanol–water partition coefficient (Wildman–Crippen LogP) is 7.30. The van der Waals surface area contributed by atoms with E-state index in [2.05, 4.69) is 34.3 Å². The van der Waals surface area contributed by atoms with Crippen LogP contribution in [-0.4, -0.2) is 18.9 Å². The van der Waals surface area contributed by atoms with Crippen molar-refractivity contribution >= 4 is 6.16 Å². The van der Waals surface area contributed by atoms with E-state index in [9.17, 15) is 4.79 Å². The van der Waals surface area contributed by atoms with Gasteiger partial charge in [0.1, 0.15) is 6.10 Å². The van der Waals surface area contributed by atoms with E-state index in [4.69, 9.17) is 9.47 Å². The Labute approximate surface area is 156 Å². The summed E-state index contributed by atoms with van der Waals surface area (Å²) in [5, 5.41) is 0. The van der Waals surface area contributed by atoms with E-state index >= 15 is 0 Å². The van der Waals surface area contributed by atoms with Crippen LogP contribution in [0.5, 0.6) is 0 Å². The molecule has 0 N–H and O–H groups in total. The van der Waals surface area contributed by atoms with Crippen LogP contribution in [0.2, 0.25) is 0 Å². The number of ether oxygens (including phenoxy) is 2. The molecule has 0 rings (SSSR count). The first-order valence-corrected chi connectivity index (χ1v) is 10.5. The fraction of sp³-hybridized carbons (Fsp3) is 0.864. The van der Waals surface area contributed by atoms with Crippen molar-refractivity contribution in [3.05, 3.63) is 12.7 Å². The fourth-order valence-corrected chi connectivity index (χ4v) is 3.32. The lowest BCUT2D eigenvalue weighted by Gasteiger charge is -2.28. The minimum atomic E-state index is -0.488. The molecule has 148 valence electrons. The number of carbonyl (C=O) groups excluding carboxylic acids is 1. The predicted molar refractivity (Wildman–Crippen MR) is 107 cm³/mol. The molecule has 0 spiro atoms. The molecular formula is C22H42O3. The highest BCUT2D eigenvalue weighted by Gasteiger charge is 2.27. The number of unbranched alkanes of at least 4 members (excludes halogenated alkanes) is 7. The van der Waals surface area contributed by atoms with Crippen molar-refractivity contribution in [2.75, 3.05) is 6.61 Å². The summed E-state index contributed by atoms with van der Waals surface area (Å²) in [6.45, 7) is 12.8. The smallest absolute Gasteiger partial charge is 0.434 e. The Morgan fingerprint density at radius 2 is 1.60 bits per heavy atom. The zero-order chi connectivity index (χ0) is 18.9. The van der Waals surface area contributed by atoms with Gasteiger partial charge in [-0.25, -0.2) is 4.79 Å². The summed E-state index contributed by atoms with van der Waals surface area (Å²) in [6.07, 6.45) is 14.2. The topological polar surface area (TPSA) is 35.5 Å². The monoisotopic (exact) mass is 354 g/mol. The van der Waals surface area contributed by atoms with E-state index in [0.717, 1.165) is 38.5 Å². The minimum Gasteiger partial charge on any atom is -0.434 e. The SMILES string of the molecule is C=CCCCCCCCCCOC(=O)OC(C(C)C)C(CC)CCC. The Kier molecular flexibility index (Phi) is 15.8. The molecular weight excluding hydrogens is 312 g/mol. The zero-order valence-electron chi connectivity index (χ0n) is 17.2. The van der Waals surface area contributed by atoms with E-state index in [1.165, 1.54) is 32.1 Å². The third-order valence-electron chi connectivity index (χ3n) is 4.81. The van der Waals surface area contributed by atoms with Crippen LogP contribution >= 0.6 is 0 Å². The van der Waals surface area contributed by atoms with Gasteiger partial charge in [-0.05, 0) is 43.9 Å². The van der Waals surface area contributed by atoms with Gasteiger partial charge in [0.15, 0.2) is 0 Å². The average Bonchev–Trinajstić information content (AvgIpc) is 2.59. The molecule has 0 saturated heterocycles. The van der Waals surface area contributed by atoms with Crippen LogP contribution in [0, 0.1) is 11.8 Å². The number of hydrogen-bond donors (Lipinski definition) is 0. The Morgan fingerprint density at radius 3 is 2.12 bits per heavy atom. The van der Waals surface area contributed by atoms with Crippen LogP contribution in [0.3, 0.4) is 0 Å². The molecule has 2 unspecified atom stereocenters. The van der Waals surface area contributed by atoms with Crippen molar-refractivity contribution in [1.29, 1.82) is 0 Å². The highest BCUT2D eigenvalue weighted by molar-refractivity contribution is 5.60. The van der Waals surface area contributed by atoms with E-state index in [-0.39, 0.29) is 6.10 Å². The summed E-state index contributed by atoms with van der Waals surface area (Å²) >= 11 is 0. The molecule has 0 heterocycles. The number of hydrogen-bond acceptors (Lipinski definition) is 3. The van der Waals surface area contributed by atoms with Gasteiger partial charge in [-0.3, -0.25) is 0 Å². The highest BCUT2D eigenvalue weighted by Crippen LogP contribution is 2.24. The van der Waals surface area contributed by atoms with Crippen molar-refractivity contribution in [1.82, 2.24) is 0 Å². The summed E-state index contributed by atoms with van der Waals surface area (Å²) < 4.78 is 10.9. The second kappa shape index (κ2) is 16.5. The summed E-state index contributed by atoms with van der Waals surface area (Å²) in [7, 11) is 0. The van der Waals surface area contributed by atoms with E-state index in [1.54, 1.807) is 0 Å². The van der Waals surface area contributed by atoms with Crippen molar-refractivity contribution in [3.63, 3.8) is 0 Å². The van der Waals surface area contributed by atoms with Crippen LogP contribution in [0.4, 0.5) is 4.79 Å². The molecule has 3 heteroatoms. The Hall–Kier alpha value is -0.990. The van der Waals surface area contributed by atoms with Gasteiger partial charge in [0, 0.05) is 0 Å². The van der Waals surface area contributed by atoms with Gasteiger partial charge in [-0.1, -0.05) is 72.3 Å². The molecule has 0 amide bonds. The molecule has 0 aliphatic carbocycles. The zero-order valence-corrected chi connectivity index (χ0v) is 17.2. The summed E-state index contributed by atoms with van der Waals surface area (Å²) in [5.41, 5.74) is 0. The molecule has 0 fully saturated rings. The lowest BCUT2D eigenvalue weighted by Crippen LogP contribution is -2.32. The quantitative estimate of drug-likeness (QED) is 0.166. The Balaban J connectivity index is 3.81. The van der Waals surface area contributed by atoms with E-state index in [0.29, 0.717) is 18.4 Å². The molecule has 0 aromatic rings. The lowest BCUT2D eigenvalue weighted by atomic mass is 9.88. The second-order valence-electron chi connectivity index (χ2n) is 7.43. The molecule has 0 bridgehead atoms. The molecule has 25 heavy (non-hydrogen) atoms. The Morgan fingerprint density at radius 1 is 1.00 bits per heavy atom. The molecule has 0 aromatic heterocycles. The third kappa shape index (κ3) is 12.9. The van der Waals surface area contributed by atoms with Crippen molar-refractivity contribution in [2.45, 2.75) is 104 Å². The maximum Gasteiger partial charge on any atom is 0.508 e. The van der Waals surface area contributed by atoms with Gasteiger partial charge < -0.3 is 9.47 Å². The fourth-order valence-electron chi connectivity index (χ4n) is 3.32. The largest absolute Gasteiger partial charge is 0.508 e. The first-order chi connectivity index (χ1) is 12.1. The molecule has 0 aliphatic heterocycles. The van der Waals surface area contributed by atoms with Crippen LogP contribution in [0.15, 0.2) is 12.7 Å². The summed E-state index contributed by atoms with van der Waals surface area (Å²) in [6, 6.07) is 0. The first-order valence-electron chi connectivity index (χ1n) is 10.5. The average molecular weight is 355 g/mol.